The molecule has 0 radical (unpaired) electrons. The van der Waals surface area contributed by atoms with E-state index in [1.807, 2.05) is 6.26 Å². The summed E-state index contributed by atoms with van der Waals surface area (Å²) in [6.07, 6.45) is 19.5. The summed E-state index contributed by atoms with van der Waals surface area (Å²) in [5.41, 5.74) is 2.59. The highest BCUT2D eigenvalue weighted by Gasteiger charge is 2.66. The summed E-state index contributed by atoms with van der Waals surface area (Å²) in [5, 5.41) is 12.3. The van der Waals surface area contributed by atoms with Crippen LogP contribution in [0.2, 0.25) is 0 Å². The van der Waals surface area contributed by atoms with Gasteiger partial charge in [0.05, 0.1) is 24.2 Å². The maximum absolute atomic E-state index is 12.3. The topological polar surface area (TPSA) is 45.8 Å². The Kier molecular flexibility index (Phi) is 6.02. The highest BCUT2D eigenvalue weighted by molar-refractivity contribution is 5.31. The summed E-state index contributed by atoms with van der Waals surface area (Å²) in [7, 11) is 0. The van der Waals surface area contributed by atoms with E-state index in [0.717, 1.165) is 51.6 Å². The van der Waals surface area contributed by atoms with Crippen LogP contribution in [0, 0.1) is 22.7 Å². The molecule has 1 aromatic heterocycles. The van der Waals surface area contributed by atoms with Crippen LogP contribution in [0.3, 0.4) is 0 Å². The fourth-order valence-corrected chi connectivity index (χ4v) is 9.33. The Morgan fingerprint density at radius 2 is 1.91 bits per heavy atom. The lowest BCUT2D eigenvalue weighted by atomic mass is 9.45. The first-order valence-corrected chi connectivity index (χ1v) is 14.2. The molecule has 1 N–H and O–H groups in total. The van der Waals surface area contributed by atoms with Crippen LogP contribution < -0.4 is 0 Å². The highest BCUT2D eigenvalue weighted by Crippen LogP contribution is 2.70. The van der Waals surface area contributed by atoms with Crippen molar-refractivity contribution in [1.29, 1.82) is 0 Å². The number of nitrogens with zero attached hydrogens (tertiary/aromatic N) is 1. The number of hydrogen-bond donors (Lipinski definition) is 1. The lowest BCUT2D eigenvalue weighted by Crippen LogP contribution is -2.60. The summed E-state index contributed by atoms with van der Waals surface area (Å²) >= 11 is 0. The highest BCUT2D eigenvalue weighted by atomic mass is 16.5. The Bertz CT molecular complexity index is 889. The second kappa shape index (κ2) is 8.78. The number of allylic oxidation sites excluding steroid dienone is 1. The van der Waals surface area contributed by atoms with Gasteiger partial charge in [0.1, 0.15) is 0 Å². The number of rotatable bonds is 6. The predicted molar refractivity (Wildman–Crippen MR) is 135 cm³/mol. The van der Waals surface area contributed by atoms with E-state index < -0.39 is 5.60 Å². The van der Waals surface area contributed by atoms with Crippen LogP contribution in [0.25, 0.3) is 0 Å². The van der Waals surface area contributed by atoms with Gasteiger partial charge in [-0.3, -0.25) is 0 Å². The van der Waals surface area contributed by atoms with E-state index in [0.29, 0.717) is 23.9 Å². The normalized spacial score (nSPS) is 44.4. The molecule has 0 unspecified atom stereocenters. The van der Waals surface area contributed by atoms with Crippen molar-refractivity contribution in [2.45, 2.75) is 102 Å². The first-order valence-electron chi connectivity index (χ1n) is 14.2. The first-order chi connectivity index (χ1) is 16.4. The van der Waals surface area contributed by atoms with E-state index in [-0.39, 0.29) is 10.8 Å². The summed E-state index contributed by atoms with van der Waals surface area (Å²) in [4.78, 5) is 2.59. The second-order valence-electron chi connectivity index (χ2n) is 12.7. The van der Waals surface area contributed by atoms with Gasteiger partial charge < -0.3 is 19.2 Å². The first kappa shape index (κ1) is 23.3. The number of aliphatic hydroxyl groups is 1. The Hall–Kier alpha value is -1.10. The Labute approximate surface area is 206 Å². The lowest BCUT2D eigenvalue weighted by Gasteiger charge is -2.61. The SMILES string of the molecule is C[C@]12CC[C@H](OCCCN3CCCC3)C=C1CC[C@@H]1[C@@H]2CC[C@]2(C)[C@@H](c3ccoc3)CC[C@]12O. The summed E-state index contributed by atoms with van der Waals surface area (Å²) in [6.45, 7) is 9.55. The molecule has 4 fully saturated rings. The number of hydrogen-bond acceptors (Lipinski definition) is 4. The van der Waals surface area contributed by atoms with Crippen LogP contribution in [-0.4, -0.2) is 48.0 Å². The number of furan rings is 1. The zero-order valence-corrected chi connectivity index (χ0v) is 21.4. The molecule has 5 aliphatic rings. The van der Waals surface area contributed by atoms with Crippen LogP contribution in [0.15, 0.2) is 34.7 Å². The Morgan fingerprint density at radius 1 is 1.06 bits per heavy atom. The van der Waals surface area contributed by atoms with Crippen molar-refractivity contribution >= 4 is 0 Å². The molecule has 34 heavy (non-hydrogen) atoms. The lowest BCUT2D eigenvalue weighted by molar-refractivity contribution is -0.178. The molecular weight excluding hydrogens is 422 g/mol. The molecule has 0 bridgehead atoms. The minimum absolute atomic E-state index is 0.0364. The van der Waals surface area contributed by atoms with Gasteiger partial charge in [0.25, 0.3) is 0 Å². The van der Waals surface area contributed by atoms with E-state index >= 15 is 0 Å². The van der Waals surface area contributed by atoms with Crippen molar-refractivity contribution in [2.75, 3.05) is 26.2 Å². The number of ether oxygens (including phenoxy) is 1. The Balaban J connectivity index is 1.14. The molecule has 3 saturated carbocycles. The van der Waals surface area contributed by atoms with Gasteiger partial charge in [0, 0.05) is 18.6 Å². The van der Waals surface area contributed by atoms with Gasteiger partial charge in [0.2, 0.25) is 0 Å². The molecule has 6 rings (SSSR count). The summed E-state index contributed by atoms with van der Waals surface area (Å²) in [6, 6.07) is 2.13. The van der Waals surface area contributed by atoms with Gasteiger partial charge in [-0.25, -0.2) is 0 Å². The maximum Gasteiger partial charge on any atom is 0.0937 e. The molecule has 1 saturated heterocycles. The zero-order valence-electron chi connectivity index (χ0n) is 21.4. The molecule has 7 atom stereocenters. The van der Waals surface area contributed by atoms with Gasteiger partial charge in [-0.15, -0.1) is 0 Å². The van der Waals surface area contributed by atoms with Crippen LogP contribution in [-0.2, 0) is 4.74 Å². The van der Waals surface area contributed by atoms with E-state index in [4.69, 9.17) is 9.15 Å². The smallest absolute Gasteiger partial charge is 0.0937 e. The summed E-state index contributed by atoms with van der Waals surface area (Å²) in [5.74, 6) is 1.44. The van der Waals surface area contributed by atoms with Crippen LogP contribution in [0.5, 0.6) is 0 Å². The number of likely N-dealkylation sites (tertiary alicyclic amines) is 1. The molecule has 1 aromatic rings. The van der Waals surface area contributed by atoms with Crippen LogP contribution in [0.1, 0.15) is 96.0 Å². The van der Waals surface area contributed by atoms with Crippen molar-refractivity contribution in [1.82, 2.24) is 4.90 Å². The van der Waals surface area contributed by atoms with Crippen molar-refractivity contribution in [3.8, 4) is 0 Å². The standard InChI is InChI=1S/C30H45NO3/c1-28-12-8-24(34-18-5-17-31-15-3-4-16-31)20-23(28)6-7-27-26(28)9-13-29(2)25(10-14-30(27,29)32)22-11-19-33-21-22/h11,19-21,24-27,32H,3-10,12-18H2,1-2H3/t24-,25+,26-,27+,28-,29+,30-/m0/s1. The Morgan fingerprint density at radius 3 is 2.71 bits per heavy atom. The third-order valence-electron chi connectivity index (χ3n) is 11.4. The molecule has 2 heterocycles. The molecular formula is C30H45NO3. The molecule has 0 amide bonds. The molecule has 0 aromatic carbocycles. The van der Waals surface area contributed by atoms with Gasteiger partial charge >= 0.3 is 0 Å². The van der Waals surface area contributed by atoms with Crippen molar-refractivity contribution in [3.63, 3.8) is 0 Å². The van der Waals surface area contributed by atoms with Crippen molar-refractivity contribution in [2.24, 2.45) is 22.7 Å². The second-order valence-corrected chi connectivity index (χ2v) is 12.7. The third kappa shape index (κ3) is 3.58. The van der Waals surface area contributed by atoms with Crippen LogP contribution >= 0.6 is 0 Å². The molecule has 188 valence electrons. The largest absolute Gasteiger partial charge is 0.472 e. The van der Waals surface area contributed by atoms with Gasteiger partial charge in [-0.05, 0) is 119 Å². The van der Waals surface area contributed by atoms with Gasteiger partial charge in [-0.2, -0.15) is 0 Å². The summed E-state index contributed by atoms with van der Waals surface area (Å²) < 4.78 is 11.8. The molecule has 1 aliphatic heterocycles. The van der Waals surface area contributed by atoms with Crippen molar-refractivity contribution in [3.05, 3.63) is 35.8 Å². The minimum Gasteiger partial charge on any atom is -0.472 e. The van der Waals surface area contributed by atoms with E-state index in [2.05, 4.69) is 30.9 Å². The van der Waals surface area contributed by atoms with Crippen LogP contribution in [0.4, 0.5) is 0 Å². The fraction of sp³-hybridized carbons (Fsp3) is 0.800. The zero-order chi connectivity index (χ0) is 23.4. The minimum atomic E-state index is -0.546. The molecule has 0 spiro atoms. The quantitative estimate of drug-likeness (QED) is 0.393. The maximum atomic E-state index is 12.3. The number of fused-ring (bicyclic) bond motifs is 5. The predicted octanol–water partition coefficient (Wildman–Crippen LogP) is 6.31. The van der Waals surface area contributed by atoms with Gasteiger partial charge in [0.15, 0.2) is 0 Å². The van der Waals surface area contributed by atoms with Gasteiger partial charge in [-0.1, -0.05) is 25.5 Å². The van der Waals surface area contributed by atoms with Crippen molar-refractivity contribution < 1.29 is 14.3 Å². The van der Waals surface area contributed by atoms with E-state index in [1.54, 1.807) is 11.8 Å². The average Bonchev–Trinajstić information content (AvgIpc) is 3.58. The molecule has 4 heteroatoms. The van der Waals surface area contributed by atoms with E-state index in [9.17, 15) is 5.11 Å². The molecule has 4 aliphatic carbocycles. The fourth-order valence-electron chi connectivity index (χ4n) is 9.33. The molecule has 4 nitrogen and oxygen atoms in total. The van der Waals surface area contributed by atoms with E-state index in [1.165, 1.54) is 50.9 Å². The third-order valence-corrected chi connectivity index (χ3v) is 11.4. The monoisotopic (exact) mass is 467 g/mol. The average molecular weight is 468 g/mol.